The highest BCUT2D eigenvalue weighted by molar-refractivity contribution is 6.30. The van der Waals surface area contributed by atoms with Gasteiger partial charge in [0.15, 0.2) is 0 Å². The number of allylic oxidation sites excluding steroid dienone is 4. The zero-order chi connectivity index (χ0) is 29.3. The molecule has 0 saturated carbocycles. The lowest BCUT2D eigenvalue weighted by atomic mass is 9.96. The molecule has 0 radical (unpaired) electrons. The zero-order valence-electron chi connectivity index (χ0n) is 24.0. The van der Waals surface area contributed by atoms with Gasteiger partial charge in [0.2, 0.25) is 0 Å². The molecule has 1 N–H and O–H groups in total. The van der Waals surface area contributed by atoms with Gasteiger partial charge in [-0.25, -0.2) is 9.97 Å². The third-order valence-corrected chi connectivity index (χ3v) is 8.08. The standard InChI is InChI=1S/C35H37Cl2N5/c1-3-7-26(8-4-2)19-20-38-35-31-9-5-6-10-32(31)39-33(40-35)25-41-21-23-42(24-22-41)34(27-11-15-29(36)16-12-27)28-13-17-30(37)18-14-28/h3-18,34H,1,19-25H2,2H3,(H,38,39,40)/b8-4-,26-7+. The number of piperazine rings is 1. The molecule has 4 aromatic rings. The summed E-state index contributed by atoms with van der Waals surface area (Å²) in [7, 11) is 0. The van der Waals surface area contributed by atoms with Crippen LogP contribution in [0.5, 0.6) is 0 Å². The molecule has 5 nitrogen and oxygen atoms in total. The lowest BCUT2D eigenvalue weighted by Gasteiger charge is -2.39. The molecule has 3 aromatic carbocycles. The summed E-state index contributed by atoms with van der Waals surface area (Å²) in [6, 6.07) is 24.7. The van der Waals surface area contributed by atoms with Gasteiger partial charge in [-0.1, -0.05) is 90.5 Å². The summed E-state index contributed by atoms with van der Waals surface area (Å²) in [5, 5.41) is 6.10. The lowest BCUT2D eigenvalue weighted by Crippen LogP contribution is -2.47. The van der Waals surface area contributed by atoms with Crippen molar-refractivity contribution in [1.29, 1.82) is 0 Å². The maximum absolute atomic E-state index is 6.22. The van der Waals surface area contributed by atoms with Crippen LogP contribution in [0.15, 0.2) is 109 Å². The van der Waals surface area contributed by atoms with Crippen molar-refractivity contribution >= 4 is 39.9 Å². The van der Waals surface area contributed by atoms with E-state index in [0.717, 1.165) is 71.7 Å². The fourth-order valence-electron chi connectivity index (χ4n) is 5.53. The molecule has 42 heavy (non-hydrogen) atoms. The van der Waals surface area contributed by atoms with E-state index in [0.29, 0.717) is 6.54 Å². The van der Waals surface area contributed by atoms with Crippen molar-refractivity contribution in [3.8, 4) is 0 Å². The molecular formula is C35H37Cl2N5. The Morgan fingerprint density at radius 3 is 2.17 bits per heavy atom. The van der Waals surface area contributed by atoms with Gasteiger partial charge in [0.1, 0.15) is 11.6 Å². The second-order valence-electron chi connectivity index (χ2n) is 10.5. The maximum Gasteiger partial charge on any atom is 0.145 e. The van der Waals surface area contributed by atoms with Gasteiger partial charge in [-0.15, -0.1) is 0 Å². The Morgan fingerprint density at radius 2 is 1.55 bits per heavy atom. The fourth-order valence-corrected chi connectivity index (χ4v) is 5.78. The number of aromatic nitrogens is 2. The van der Waals surface area contributed by atoms with Crippen molar-refractivity contribution in [3.05, 3.63) is 136 Å². The zero-order valence-corrected chi connectivity index (χ0v) is 25.5. The number of para-hydroxylation sites is 1. The van der Waals surface area contributed by atoms with E-state index < -0.39 is 0 Å². The highest BCUT2D eigenvalue weighted by atomic mass is 35.5. The van der Waals surface area contributed by atoms with Gasteiger partial charge in [-0.2, -0.15) is 0 Å². The number of benzene rings is 3. The molecule has 1 fully saturated rings. The molecule has 0 spiro atoms. The molecule has 5 rings (SSSR count). The summed E-state index contributed by atoms with van der Waals surface area (Å²) in [6.45, 7) is 11.1. The minimum absolute atomic E-state index is 0.136. The summed E-state index contributed by atoms with van der Waals surface area (Å²) in [5.74, 6) is 1.73. The molecule has 0 amide bonds. The Hall–Kier alpha value is -3.48. The van der Waals surface area contributed by atoms with Crippen molar-refractivity contribution in [1.82, 2.24) is 19.8 Å². The summed E-state index contributed by atoms with van der Waals surface area (Å²) in [6.07, 6.45) is 8.95. The summed E-state index contributed by atoms with van der Waals surface area (Å²) in [5.41, 5.74) is 4.64. The van der Waals surface area contributed by atoms with E-state index in [4.69, 9.17) is 33.2 Å². The van der Waals surface area contributed by atoms with Gasteiger partial charge in [0.05, 0.1) is 18.1 Å². The van der Waals surface area contributed by atoms with E-state index in [-0.39, 0.29) is 6.04 Å². The number of hydrogen-bond acceptors (Lipinski definition) is 5. The topological polar surface area (TPSA) is 44.3 Å². The summed E-state index contributed by atoms with van der Waals surface area (Å²) >= 11 is 12.4. The average Bonchev–Trinajstić information content (AvgIpc) is 3.00. The van der Waals surface area contributed by atoms with E-state index in [1.807, 2.05) is 49.4 Å². The second kappa shape index (κ2) is 14.6. The minimum atomic E-state index is 0.136. The first-order valence-electron chi connectivity index (χ1n) is 14.4. The molecule has 216 valence electrons. The highest BCUT2D eigenvalue weighted by Crippen LogP contribution is 2.31. The Kier molecular flexibility index (Phi) is 10.4. The third-order valence-electron chi connectivity index (χ3n) is 7.58. The quantitative estimate of drug-likeness (QED) is 0.176. The molecule has 0 bridgehead atoms. The van der Waals surface area contributed by atoms with Crippen molar-refractivity contribution in [2.75, 3.05) is 38.0 Å². The van der Waals surface area contributed by atoms with Crippen LogP contribution in [0.3, 0.4) is 0 Å². The van der Waals surface area contributed by atoms with E-state index >= 15 is 0 Å². The van der Waals surface area contributed by atoms with Crippen LogP contribution in [-0.2, 0) is 6.54 Å². The molecule has 7 heteroatoms. The molecule has 1 aliphatic heterocycles. The monoisotopic (exact) mass is 597 g/mol. The van der Waals surface area contributed by atoms with Gasteiger partial charge < -0.3 is 5.32 Å². The molecular weight excluding hydrogens is 561 g/mol. The van der Waals surface area contributed by atoms with E-state index in [9.17, 15) is 0 Å². The van der Waals surface area contributed by atoms with E-state index in [1.165, 1.54) is 16.7 Å². The number of nitrogens with one attached hydrogen (secondary N) is 1. The molecule has 1 aliphatic rings. The Morgan fingerprint density at radius 1 is 0.905 bits per heavy atom. The Labute approximate surface area is 259 Å². The summed E-state index contributed by atoms with van der Waals surface area (Å²) in [4.78, 5) is 14.9. The van der Waals surface area contributed by atoms with Crippen LogP contribution in [0.1, 0.15) is 36.3 Å². The Balaban J connectivity index is 1.29. The SMILES string of the molecule is C=C/C=C(\C=C/C)CCNc1nc(CN2CCN(C(c3ccc(Cl)cc3)c3ccc(Cl)cc3)CC2)nc2ccccc12. The lowest BCUT2D eigenvalue weighted by molar-refractivity contribution is 0.103. The van der Waals surface area contributed by atoms with Crippen LogP contribution >= 0.6 is 23.2 Å². The molecule has 2 heterocycles. The van der Waals surface area contributed by atoms with Crippen LogP contribution in [0.4, 0.5) is 5.82 Å². The predicted octanol–water partition coefficient (Wildman–Crippen LogP) is 8.33. The first-order valence-corrected chi connectivity index (χ1v) is 15.2. The smallest absolute Gasteiger partial charge is 0.145 e. The molecule has 1 aromatic heterocycles. The first-order chi connectivity index (χ1) is 20.5. The molecule has 0 aliphatic carbocycles. The fraction of sp³-hybridized carbons (Fsp3) is 0.257. The van der Waals surface area contributed by atoms with Crippen molar-refractivity contribution in [2.45, 2.75) is 25.9 Å². The van der Waals surface area contributed by atoms with E-state index in [1.54, 1.807) is 0 Å². The van der Waals surface area contributed by atoms with Crippen molar-refractivity contribution < 1.29 is 0 Å². The van der Waals surface area contributed by atoms with Gasteiger partial charge >= 0.3 is 0 Å². The summed E-state index contributed by atoms with van der Waals surface area (Å²) < 4.78 is 0. The number of rotatable bonds is 11. The largest absolute Gasteiger partial charge is 0.369 e. The molecule has 0 unspecified atom stereocenters. The van der Waals surface area contributed by atoms with E-state index in [2.05, 4.69) is 76.3 Å². The van der Waals surface area contributed by atoms with Crippen molar-refractivity contribution in [3.63, 3.8) is 0 Å². The van der Waals surface area contributed by atoms with Crippen LogP contribution in [0.2, 0.25) is 10.0 Å². The third kappa shape index (κ3) is 7.67. The number of halogens is 2. The number of fused-ring (bicyclic) bond motifs is 1. The minimum Gasteiger partial charge on any atom is -0.369 e. The highest BCUT2D eigenvalue weighted by Gasteiger charge is 2.27. The molecule has 1 saturated heterocycles. The van der Waals surface area contributed by atoms with Gasteiger partial charge in [-0.05, 0) is 66.4 Å². The number of nitrogens with zero attached hydrogens (tertiary/aromatic N) is 4. The van der Waals surface area contributed by atoms with Crippen LogP contribution in [-0.4, -0.2) is 52.5 Å². The first kappa shape index (κ1) is 30.0. The molecule has 0 atom stereocenters. The maximum atomic E-state index is 6.22. The van der Waals surface area contributed by atoms with Crippen LogP contribution in [0, 0.1) is 0 Å². The van der Waals surface area contributed by atoms with Crippen LogP contribution < -0.4 is 5.32 Å². The van der Waals surface area contributed by atoms with Gasteiger partial charge in [0.25, 0.3) is 0 Å². The number of hydrogen-bond donors (Lipinski definition) is 1. The predicted molar refractivity (Wildman–Crippen MR) is 177 cm³/mol. The second-order valence-corrected chi connectivity index (χ2v) is 11.4. The average molecular weight is 599 g/mol. The van der Waals surface area contributed by atoms with Gasteiger partial charge in [0, 0.05) is 48.2 Å². The normalized spacial score (nSPS) is 15.1. The Bertz CT molecular complexity index is 1490. The van der Waals surface area contributed by atoms with Crippen molar-refractivity contribution in [2.24, 2.45) is 0 Å². The van der Waals surface area contributed by atoms with Gasteiger partial charge in [-0.3, -0.25) is 9.80 Å². The van der Waals surface area contributed by atoms with Crippen LogP contribution in [0.25, 0.3) is 10.9 Å². The number of anilines is 1.